The van der Waals surface area contributed by atoms with Crippen molar-refractivity contribution in [1.29, 1.82) is 0 Å². The Morgan fingerprint density at radius 1 is 1.53 bits per heavy atom. The van der Waals surface area contributed by atoms with Gasteiger partial charge in [0.15, 0.2) is 0 Å². The number of nitrogens with zero attached hydrogens (tertiary/aromatic N) is 3. The van der Waals surface area contributed by atoms with Crippen molar-refractivity contribution < 1.29 is 4.74 Å². The summed E-state index contributed by atoms with van der Waals surface area (Å²) in [6.45, 7) is 3.64. The standard InChI is InChI=1S/C10H20N4O/c1-3-5-15-6-4-9(11)7-10-12-8-13-14(10)2/h8-9H,3-7,11H2,1-2H3. The molecule has 1 unspecified atom stereocenters. The van der Waals surface area contributed by atoms with E-state index in [2.05, 4.69) is 17.0 Å². The van der Waals surface area contributed by atoms with Crippen molar-refractivity contribution >= 4 is 0 Å². The Hall–Kier alpha value is -0.940. The Balaban J connectivity index is 2.18. The maximum atomic E-state index is 5.95. The highest BCUT2D eigenvalue weighted by molar-refractivity contribution is 4.87. The summed E-state index contributed by atoms with van der Waals surface area (Å²) in [6, 6.07) is 0.102. The molecule has 5 nitrogen and oxygen atoms in total. The minimum Gasteiger partial charge on any atom is -0.381 e. The summed E-state index contributed by atoms with van der Waals surface area (Å²) in [4.78, 5) is 4.13. The Bertz CT molecular complexity index is 274. The Kier molecular flexibility index (Phi) is 5.28. The zero-order valence-corrected chi connectivity index (χ0v) is 9.52. The van der Waals surface area contributed by atoms with Gasteiger partial charge in [-0.05, 0) is 12.8 Å². The molecule has 0 aliphatic carbocycles. The van der Waals surface area contributed by atoms with Crippen molar-refractivity contribution in [3.05, 3.63) is 12.2 Å². The summed E-state index contributed by atoms with van der Waals surface area (Å²) in [5.41, 5.74) is 5.95. The van der Waals surface area contributed by atoms with E-state index in [0.717, 1.165) is 38.3 Å². The number of aromatic nitrogens is 3. The molecule has 0 amide bonds. The van der Waals surface area contributed by atoms with Gasteiger partial charge in [-0.3, -0.25) is 4.68 Å². The summed E-state index contributed by atoms with van der Waals surface area (Å²) in [5, 5.41) is 4.00. The highest BCUT2D eigenvalue weighted by Crippen LogP contribution is 2.00. The van der Waals surface area contributed by atoms with Gasteiger partial charge in [-0.25, -0.2) is 4.98 Å². The Morgan fingerprint density at radius 2 is 2.33 bits per heavy atom. The molecule has 15 heavy (non-hydrogen) atoms. The van der Waals surface area contributed by atoms with E-state index in [1.165, 1.54) is 0 Å². The van der Waals surface area contributed by atoms with Crippen LogP contribution in [0.5, 0.6) is 0 Å². The SMILES string of the molecule is CCCOCCC(N)Cc1ncnn1C. The van der Waals surface area contributed by atoms with Crippen LogP contribution >= 0.6 is 0 Å². The van der Waals surface area contributed by atoms with E-state index in [0.29, 0.717) is 0 Å². The van der Waals surface area contributed by atoms with Crippen LogP contribution in [0.1, 0.15) is 25.6 Å². The number of hydrogen-bond donors (Lipinski definition) is 1. The number of ether oxygens (including phenoxy) is 1. The van der Waals surface area contributed by atoms with Gasteiger partial charge in [-0.2, -0.15) is 5.10 Å². The molecule has 0 saturated heterocycles. The second-order valence-corrected chi connectivity index (χ2v) is 3.67. The van der Waals surface area contributed by atoms with E-state index < -0.39 is 0 Å². The van der Waals surface area contributed by atoms with Crippen LogP contribution in [0.4, 0.5) is 0 Å². The highest BCUT2D eigenvalue weighted by atomic mass is 16.5. The predicted octanol–water partition coefficient (Wildman–Crippen LogP) is 0.502. The van der Waals surface area contributed by atoms with Crippen molar-refractivity contribution in [1.82, 2.24) is 14.8 Å². The molecule has 0 spiro atoms. The number of hydrogen-bond acceptors (Lipinski definition) is 4. The average molecular weight is 212 g/mol. The van der Waals surface area contributed by atoms with Crippen molar-refractivity contribution in [2.75, 3.05) is 13.2 Å². The van der Waals surface area contributed by atoms with E-state index >= 15 is 0 Å². The van der Waals surface area contributed by atoms with Crippen LogP contribution in [0, 0.1) is 0 Å². The van der Waals surface area contributed by atoms with Gasteiger partial charge < -0.3 is 10.5 Å². The molecule has 0 bridgehead atoms. The molecular weight excluding hydrogens is 192 g/mol. The fourth-order valence-electron chi connectivity index (χ4n) is 1.32. The first kappa shape index (κ1) is 12.1. The molecule has 86 valence electrons. The highest BCUT2D eigenvalue weighted by Gasteiger charge is 2.07. The molecule has 1 aromatic heterocycles. The molecule has 1 heterocycles. The van der Waals surface area contributed by atoms with Crippen LogP contribution in [0.15, 0.2) is 6.33 Å². The normalized spacial score (nSPS) is 13.0. The first-order chi connectivity index (χ1) is 7.24. The Morgan fingerprint density at radius 3 is 2.93 bits per heavy atom. The fraction of sp³-hybridized carbons (Fsp3) is 0.800. The van der Waals surface area contributed by atoms with Crippen molar-refractivity contribution in [3.8, 4) is 0 Å². The van der Waals surface area contributed by atoms with Crippen molar-refractivity contribution in [3.63, 3.8) is 0 Å². The van der Waals surface area contributed by atoms with E-state index in [4.69, 9.17) is 10.5 Å². The van der Waals surface area contributed by atoms with Gasteiger partial charge in [-0.15, -0.1) is 0 Å². The van der Waals surface area contributed by atoms with E-state index in [-0.39, 0.29) is 6.04 Å². The zero-order valence-electron chi connectivity index (χ0n) is 9.52. The van der Waals surface area contributed by atoms with Crippen LogP contribution in [-0.4, -0.2) is 34.0 Å². The molecule has 0 aromatic carbocycles. The minimum absolute atomic E-state index is 0.102. The third-order valence-corrected chi connectivity index (χ3v) is 2.23. The first-order valence-corrected chi connectivity index (χ1v) is 5.40. The number of rotatable bonds is 7. The van der Waals surface area contributed by atoms with Crippen molar-refractivity contribution in [2.24, 2.45) is 12.8 Å². The molecule has 0 aliphatic rings. The van der Waals surface area contributed by atoms with Gasteiger partial charge in [-0.1, -0.05) is 6.92 Å². The molecular formula is C10H20N4O. The molecule has 0 saturated carbocycles. The number of nitrogens with two attached hydrogens (primary N) is 1. The summed E-state index contributed by atoms with van der Waals surface area (Å²) in [6.07, 6.45) is 4.23. The monoisotopic (exact) mass is 212 g/mol. The number of aryl methyl sites for hydroxylation is 1. The lowest BCUT2D eigenvalue weighted by atomic mass is 10.1. The van der Waals surface area contributed by atoms with E-state index in [1.807, 2.05) is 7.05 Å². The molecule has 0 aliphatic heterocycles. The van der Waals surface area contributed by atoms with Crippen LogP contribution in [0.3, 0.4) is 0 Å². The van der Waals surface area contributed by atoms with Gasteiger partial charge in [0.25, 0.3) is 0 Å². The van der Waals surface area contributed by atoms with Gasteiger partial charge in [0.05, 0.1) is 0 Å². The van der Waals surface area contributed by atoms with Crippen LogP contribution in [0.2, 0.25) is 0 Å². The predicted molar refractivity (Wildman–Crippen MR) is 58.4 cm³/mol. The smallest absolute Gasteiger partial charge is 0.138 e. The summed E-state index contributed by atoms with van der Waals surface area (Å²) in [5.74, 6) is 0.929. The molecule has 2 N–H and O–H groups in total. The van der Waals surface area contributed by atoms with Crippen LogP contribution in [0.25, 0.3) is 0 Å². The minimum atomic E-state index is 0.102. The van der Waals surface area contributed by atoms with Gasteiger partial charge in [0, 0.05) is 32.7 Å². The second kappa shape index (κ2) is 6.53. The van der Waals surface area contributed by atoms with Gasteiger partial charge in [0.1, 0.15) is 12.2 Å². The third-order valence-electron chi connectivity index (χ3n) is 2.23. The van der Waals surface area contributed by atoms with Crippen LogP contribution in [-0.2, 0) is 18.2 Å². The molecule has 1 atom stereocenters. The lowest BCUT2D eigenvalue weighted by molar-refractivity contribution is 0.127. The molecule has 0 fully saturated rings. The summed E-state index contributed by atoms with van der Waals surface area (Å²) in [7, 11) is 1.88. The first-order valence-electron chi connectivity index (χ1n) is 5.40. The van der Waals surface area contributed by atoms with Crippen LogP contribution < -0.4 is 5.73 Å². The van der Waals surface area contributed by atoms with E-state index in [9.17, 15) is 0 Å². The molecule has 1 aromatic rings. The quantitative estimate of drug-likeness (QED) is 0.668. The maximum Gasteiger partial charge on any atom is 0.138 e. The lowest BCUT2D eigenvalue weighted by Gasteiger charge is -2.10. The Labute approximate surface area is 90.6 Å². The largest absolute Gasteiger partial charge is 0.381 e. The summed E-state index contributed by atoms with van der Waals surface area (Å²) < 4.78 is 7.14. The zero-order chi connectivity index (χ0) is 11.1. The molecule has 5 heteroatoms. The average Bonchev–Trinajstić information content (AvgIpc) is 2.59. The molecule has 1 rings (SSSR count). The second-order valence-electron chi connectivity index (χ2n) is 3.67. The van der Waals surface area contributed by atoms with Gasteiger partial charge >= 0.3 is 0 Å². The third kappa shape index (κ3) is 4.40. The fourth-order valence-corrected chi connectivity index (χ4v) is 1.32. The molecule has 0 radical (unpaired) electrons. The van der Waals surface area contributed by atoms with Crippen molar-refractivity contribution in [2.45, 2.75) is 32.2 Å². The van der Waals surface area contributed by atoms with Gasteiger partial charge in [0.2, 0.25) is 0 Å². The summed E-state index contributed by atoms with van der Waals surface area (Å²) >= 11 is 0. The maximum absolute atomic E-state index is 5.95. The topological polar surface area (TPSA) is 66.0 Å². The lowest BCUT2D eigenvalue weighted by Crippen LogP contribution is -2.26. The van der Waals surface area contributed by atoms with E-state index in [1.54, 1.807) is 11.0 Å².